The molecule has 1 atom stereocenters. The molecule has 0 radical (unpaired) electrons. The third-order valence-electron chi connectivity index (χ3n) is 4.03. The minimum atomic E-state index is -0.309. The van der Waals surface area contributed by atoms with Crippen LogP contribution in [0.3, 0.4) is 0 Å². The number of carbonyl (C=O) groups is 1. The fourth-order valence-corrected chi connectivity index (χ4v) is 4.39. The summed E-state index contributed by atoms with van der Waals surface area (Å²) in [7, 11) is 0. The van der Waals surface area contributed by atoms with Gasteiger partial charge < -0.3 is 5.32 Å². The van der Waals surface area contributed by atoms with Crippen molar-refractivity contribution in [3.8, 4) is 11.4 Å². The molecule has 0 fully saturated rings. The van der Waals surface area contributed by atoms with Gasteiger partial charge in [-0.15, -0.1) is 11.3 Å². The topological polar surface area (TPSA) is 89.8 Å². The Bertz CT molecular complexity index is 1020. The van der Waals surface area contributed by atoms with E-state index >= 15 is 0 Å². The summed E-state index contributed by atoms with van der Waals surface area (Å²) in [5.74, 6) is 0.134. The maximum Gasteiger partial charge on any atom is 0.257 e. The van der Waals surface area contributed by atoms with Crippen molar-refractivity contribution >= 4 is 34.1 Å². The highest BCUT2D eigenvalue weighted by Gasteiger charge is 2.27. The van der Waals surface area contributed by atoms with Gasteiger partial charge in [-0.1, -0.05) is 17.8 Å². The highest BCUT2D eigenvalue weighted by molar-refractivity contribution is 7.99. The number of nitrogens with zero attached hydrogens (tertiary/aromatic N) is 4. The number of nitrogens with one attached hydrogen (secondary N) is 1. The zero-order valence-corrected chi connectivity index (χ0v) is 15.5. The van der Waals surface area contributed by atoms with Crippen LogP contribution in [0, 0.1) is 12.8 Å². The molecule has 0 unspecified atom stereocenters. The largest absolute Gasteiger partial charge is 0.302 e. The second kappa shape index (κ2) is 7.00. The summed E-state index contributed by atoms with van der Waals surface area (Å²) in [6, 6.07) is 5.61. The monoisotopic (exact) mass is 385 g/mol. The van der Waals surface area contributed by atoms with Crippen LogP contribution in [0.15, 0.2) is 45.9 Å². The molecule has 1 aliphatic heterocycles. The van der Waals surface area contributed by atoms with Gasteiger partial charge in [0.1, 0.15) is 5.69 Å². The first-order chi connectivity index (χ1) is 12.6. The maximum atomic E-state index is 12.6. The van der Waals surface area contributed by atoms with E-state index in [-0.39, 0.29) is 17.4 Å². The Morgan fingerprint density at radius 3 is 3.00 bits per heavy atom. The van der Waals surface area contributed by atoms with Gasteiger partial charge in [0.25, 0.3) is 5.56 Å². The van der Waals surface area contributed by atoms with E-state index in [1.807, 2.05) is 23.6 Å². The molecule has 9 heteroatoms. The van der Waals surface area contributed by atoms with E-state index in [1.54, 1.807) is 23.9 Å². The standard InChI is InChI=1S/C17H15N5O2S2/c1-10-6-19-17-22(15(10)24)7-11(8-26-17)14(23)21-16-20-13(9-25-16)12-4-2-3-5-18-12/h2-6,9,11H,7-8H2,1H3,(H,20,21,23)/t11-/m1/s1. The highest BCUT2D eigenvalue weighted by atomic mass is 32.2. The van der Waals surface area contributed by atoms with Crippen LogP contribution in [0.2, 0.25) is 0 Å². The smallest absolute Gasteiger partial charge is 0.257 e. The quantitative estimate of drug-likeness (QED) is 0.697. The molecular weight excluding hydrogens is 370 g/mol. The zero-order valence-electron chi connectivity index (χ0n) is 13.9. The van der Waals surface area contributed by atoms with E-state index in [1.165, 1.54) is 23.1 Å². The Morgan fingerprint density at radius 1 is 1.31 bits per heavy atom. The number of hydrogen-bond acceptors (Lipinski definition) is 7. The van der Waals surface area contributed by atoms with Gasteiger partial charge in [0.2, 0.25) is 5.91 Å². The van der Waals surface area contributed by atoms with E-state index in [0.717, 1.165) is 11.4 Å². The van der Waals surface area contributed by atoms with Crippen LogP contribution < -0.4 is 10.9 Å². The molecule has 1 aliphatic rings. The van der Waals surface area contributed by atoms with Crippen molar-refractivity contribution in [1.29, 1.82) is 0 Å². The molecule has 3 aromatic heterocycles. The predicted octanol–water partition coefficient (Wildman–Crippen LogP) is 2.43. The number of pyridine rings is 1. The number of hydrogen-bond donors (Lipinski definition) is 1. The van der Waals surface area contributed by atoms with Crippen LogP contribution in [-0.2, 0) is 11.3 Å². The van der Waals surface area contributed by atoms with Crippen LogP contribution >= 0.6 is 23.1 Å². The number of anilines is 1. The van der Waals surface area contributed by atoms with Gasteiger partial charge in [-0.05, 0) is 19.1 Å². The second-order valence-electron chi connectivity index (χ2n) is 5.89. The van der Waals surface area contributed by atoms with Gasteiger partial charge in [0.15, 0.2) is 10.3 Å². The predicted molar refractivity (Wildman–Crippen MR) is 101 cm³/mol. The van der Waals surface area contributed by atoms with E-state index in [9.17, 15) is 9.59 Å². The maximum absolute atomic E-state index is 12.6. The molecule has 0 saturated heterocycles. The molecule has 0 aromatic carbocycles. The minimum Gasteiger partial charge on any atom is -0.302 e. The number of amides is 1. The van der Waals surface area contributed by atoms with Crippen LogP contribution in [0.5, 0.6) is 0 Å². The van der Waals surface area contributed by atoms with Gasteiger partial charge >= 0.3 is 0 Å². The number of carbonyl (C=O) groups excluding carboxylic acids is 1. The number of aromatic nitrogens is 4. The molecular formula is C17H15N5O2S2. The molecule has 132 valence electrons. The minimum absolute atomic E-state index is 0.0910. The normalized spacial score (nSPS) is 16.1. The van der Waals surface area contributed by atoms with Crippen LogP contribution in [-0.4, -0.2) is 31.2 Å². The van der Waals surface area contributed by atoms with Gasteiger partial charge in [0, 0.05) is 35.6 Å². The molecule has 0 spiro atoms. The van der Waals surface area contributed by atoms with Crippen molar-refractivity contribution in [2.75, 3.05) is 11.1 Å². The van der Waals surface area contributed by atoms with Crippen molar-refractivity contribution in [1.82, 2.24) is 19.5 Å². The molecule has 0 aliphatic carbocycles. The summed E-state index contributed by atoms with van der Waals surface area (Å²) < 4.78 is 1.58. The summed E-state index contributed by atoms with van der Waals surface area (Å²) in [5, 5.41) is 5.91. The number of fused-ring (bicyclic) bond motifs is 1. The van der Waals surface area contributed by atoms with E-state index in [0.29, 0.717) is 28.1 Å². The SMILES string of the molecule is Cc1cnc2n(c1=O)C[C@@H](C(=O)Nc1nc(-c3ccccn3)cs1)CS2. The lowest BCUT2D eigenvalue weighted by Gasteiger charge is -2.23. The third-order valence-corrected chi connectivity index (χ3v) is 5.94. The molecule has 4 rings (SSSR count). The average Bonchev–Trinajstić information content (AvgIpc) is 3.14. The summed E-state index contributed by atoms with van der Waals surface area (Å²) in [5.41, 5.74) is 1.98. The molecule has 1 N–H and O–H groups in total. The van der Waals surface area contributed by atoms with Crippen molar-refractivity contribution in [3.05, 3.63) is 51.9 Å². The summed E-state index contributed by atoms with van der Waals surface area (Å²) in [6.45, 7) is 2.06. The van der Waals surface area contributed by atoms with Crippen LogP contribution in [0.25, 0.3) is 11.4 Å². The van der Waals surface area contributed by atoms with Crippen molar-refractivity contribution in [2.24, 2.45) is 5.92 Å². The zero-order chi connectivity index (χ0) is 18.1. The third kappa shape index (κ3) is 3.27. The number of rotatable bonds is 3. The first-order valence-corrected chi connectivity index (χ1v) is 9.85. The Labute approximate surface area is 157 Å². The van der Waals surface area contributed by atoms with E-state index < -0.39 is 0 Å². The first-order valence-electron chi connectivity index (χ1n) is 7.99. The van der Waals surface area contributed by atoms with Gasteiger partial charge in [-0.2, -0.15) is 0 Å². The number of thioether (sulfide) groups is 1. The Hall–Kier alpha value is -2.52. The van der Waals surface area contributed by atoms with Crippen LogP contribution in [0.1, 0.15) is 5.56 Å². The number of thiazole rings is 1. The lowest BCUT2D eigenvalue weighted by molar-refractivity contribution is -0.119. The van der Waals surface area contributed by atoms with Gasteiger partial charge in [0.05, 0.1) is 11.6 Å². The lowest BCUT2D eigenvalue weighted by Crippen LogP contribution is -2.37. The molecule has 3 aromatic rings. The molecule has 26 heavy (non-hydrogen) atoms. The number of aryl methyl sites for hydroxylation is 1. The van der Waals surface area contributed by atoms with Crippen LogP contribution in [0.4, 0.5) is 5.13 Å². The Kier molecular flexibility index (Phi) is 4.56. The second-order valence-corrected chi connectivity index (χ2v) is 7.73. The fourth-order valence-electron chi connectivity index (χ4n) is 2.63. The average molecular weight is 385 g/mol. The summed E-state index contributed by atoms with van der Waals surface area (Å²) >= 11 is 2.78. The fraction of sp³-hybridized carbons (Fsp3) is 0.235. The van der Waals surface area contributed by atoms with Crippen molar-refractivity contribution < 1.29 is 4.79 Å². The molecule has 0 saturated carbocycles. The Balaban J connectivity index is 1.49. The molecule has 1 amide bonds. The van der Waals surface area contributed by atoms with E-state index in [4.69, 9.17) is 0 Å². The van der Waals surface area contributed by atoms with E-state index in [2.05, 4.69) is 20.3 Å². The lowest BCUT2D eigenvalue weighted by atomic mass is 10.1. The summed E-state index contributed by atoms with van der Waals surface area (Å²) in [4.78, 5) is 37.8. The van der Waals surface area contributed by atoms with Crippen molar-refractivity contribution in [2.45, 2.75) is 18.6 Å². The summed E-state index contributed by atoms with van der Waals surface area (Å²) in [6.07, 6.45) is 3.29. The molecule has 0 bridgehead atoms. The first kappa shape index (κ1) is 16.9. The van der Waals surface area contributed by atoms with Gasteiger partial charge in [-0.25, -0.2) is 9.97 Å². The van der Waals surface area contributed by atoms with Gasteiger partial charge in [-0.3, -0.25) is 19.1 Å². The highest BCUT2D eigenvalue weighted by Crippen LogP contribution is 2.27. The molecule has 7 nitrogen and oxygen atoms in total. The van der Waals surface area contributed by atoms with Crippen molar-refractivity contribution in [3.63, 3.8) is 0 Å². The molecule has 4 heterocycles. The Morgan fingerprint density at radius 2 is 2.19 bits per heavy atom.